The third kappa shape index (κ3) is 4.30. The van der Waals surface area contributed by atoms with Crippen LogP contribution in [0.15, 0.2) is 36.4 Å². The van der Waals surface area contributed by atoms with Crippen LogP contribution in [0.2, 0.25) is 5.02 Å². The maximum absolute atomic E-state index is 9.81. The fourth-order valence-electron chi connectivity index (χ4n) is 2.59. The van der Waals surface area contributed by atoms with E-state index in [4.69, 9.17) is 26.8 Å². The Labute approximate surface area is 141 Å². The topological polar surface area (TPSA) is 64.7 Å². The number of phenolic OH excluding ortho intramolecular Hbond substituents is 1. The first-order valence-electron chi connectivity index (χ1n) is 7.57. The lowest BCUT2D eigenvalue weighted by Gasteiger charge is -2.19. The van der Waals surface area contributed by atoms with E-state index >= 15 is 0 Å². The third-order valence-electron chi connectivity index (χ3n) is 3.72. The van der Waals surface area contributed by atoms with Crippen molar-refractivity contribution in [3.63, 3.8) is 0 Å². The number of nitrogens with two attached hydrogens (primary N) is 1. The molecule has 0 aliphatic heterocycles. The summed E-state index contributed by atoms with van der Waals surface area (Å²) in [6.45, 7) is 2.84. The van der Waals surface area contributed by atoms with Crippen molar-refractivity contribution in [2.45, 2.75) is 19.3 Å². The smallest absolute Gasteiger partial charge is 0.161 e. The molecule has 2 rings (SSSR count). The molecular formula is C18H22ClNO3. The van der Waals surface area contributed by atoms with E-state index in [2.05, 4.69) is 0 Å². The molecule has 1 atom stereocenters. The van der Waals surface area contributed by atoms with Gasteiger partial charge in [0.25, 0.3) is 0 Å². The largest absolute Gasteiger partial charge is 0.504 e. The van der Waals surface area contributed by atoms with Gasteiger partial charge in [-0.2, -0.15) is 0 Å². The Morgan fingerprint density at radius 3 is 2.61 bits per heavy atom. The van der Waals surface area contributed by atoms with Gasteiger partial charge >= 0.3 is 0 Å². The first-order valence-corrected chi connectivity index (χ1v) is 7.95. The number of methoxy groups -OCH3 is 1. The van der Waals surface area contributed by atoms with Gasteiger partial charge in [-0.3, -0.25) is 0 Å². The van der Waals surface area contributed by atoms with Crippen LogP contribution < -0.4 is 15.2 Å². The first kappa shape index (κ1) is 17.4. The zero-order chi connectivity index (χ0) is 16.8. The average Bonchev–Trinajstić information content (AvgIpc) is 2.55. The predicted molar refractivity (Wildman–Crippen MR) is 92.8 cm³/mol. The van der Waals surface area contributed by atoms with Gasteiger partial charge in [-0.25, -0.2) is 0 Å². The van der Waals surface area contributed by atoms with Gasteiger partial charge in [-0.1, -0.05) is 17.7 Å². The van der Waals surface area contributed by atoms with Gasteiger partial charge < -0.3 is 20.3 Å². The summed E-state index contributed by atoms with van der Waals surface area (Å²) in [5.41, 5.74) is 7.99. The molecule has 4 nitrogen and oxygen atoms in total. The quantitative estimate of drug-likeness (QED) is 0.809. The molecule has 5 heteroatoms. The lowest BCUT2D eigenvalue weighted by Crippen LogP contribution is -2.16. The molecule has 2 aromatic rings. The predicted octanol–water partition coefficient (Wildman–Crippen LogP) is 3.74. The molecule has 0 saturated carbocycles. The number of ether oxygens (including phenoxy) is 2. The van der Waals surface area contributed by atoms with Gasteiger partial charge in [0.15, 0.2) is 11.5 Å². The molecule has 0 aromatic heterocycles. The van der Waals surface area contributed by atoms with Crippen molar-refractivity contribution in [1.82, 2.24) is 0 Å². The first-order chi connectivity index (χ1) is 11.1. The third-order valence-corrected chi connectivity index (χ3v) is 3.96. The number of hydrogen-bond donors (Lipinski definition) is 2. The van der Waals surface area contributed by atoms with E-state index in [1.807, 2.05) is 31.2 Å². The van der Waals surface area contributed by atoms with E-state index in [0.29, 0.717) is 30.3 Å². The second kappa shape index (κ2) is 8.09. The van der Waals surface area contributed by atoms with Gasteiger partial charge in [0.05, 0.1) is 13.7 Å². The maximum Gasteiger partial charge on any atom is 0.161 e. The number of rotatable bonds is 7. The van der Waals surface area contributed by atoms with Crippen LogP contribution in [-0.2, 0) is 6.42 Å². The Kier molecular flexibility index (Phi) is 6.13. The van der Waals surface area contributed by atoms with Crippen LogP contribution in [0.25, 0.3) is 0 Å². The minimum atomic E-state index is 0.0580. The van der Waals surface area contributed by atoms with Crippen molar-refractivity contribution in [2.75, 3.05) is 20.3 Å². The van der Waals surface area contributed by atoms with Gasteiger partial charge in [-0.05, 0) is 55.8 Å². The van der Waals surface area contributed by atoms with Crippen molar-refractivity contribution in [3.8, 4) is 17.2 Å². The van der Waals surface area contributed by atoms with Crippen molar-refractivity contribution < 1.29 is 14.6 Å². The molecule has 23 heavy (non-hydrogen) atoms. The summed E-state index contributed by atoms with van der Waals surface area (Å²) < 4.78 is 10.9. The van der Waals surface area contributed by atoms with Crippen LogP contribution in [0.5, 0.6) is 17.2 Å². The fourth-order valence-corrected chi connectivity index (χ4v) is 2.77. The molecule has 0 heterocycles. The Morgan fingerprint density at radius 1 is 1.17 bits per heavy atom. The number of benzene rings is 2. The SMILES string of the molecule is CCOc1cc(CC(CN)c2cc(Cl)ccc2OC)ccc1O. The van der Waals surface area contributed by atoms with Gasteiger partial charge in [0, 0.05) is 16.5 Å². The van der Waals surface area contributed by atoms with Crippen LogP contribution in [-0.4, -0.2) is 25.4 Å². The van der Waals surface area contributed by atoms with Crippen molar-refractivity contribution in [1.29, 1.82) is 0 Å². The van der Waals surface area contributed by atoms with Crippen molar-refractivity contribution in [3.05, 3.63) is 52.5 Å². The Hall–Kier alpha value is -1.91. The van der Waals surface area contributed by atoms with Crippen LogP contribution >= 0.6 is 11.6 Å². The zero-order valence-corrected chi connectivity index (χ0v) is 14.1. The van der Waals surface area contributed by atoms with Crippen LogP contribution in [0.4, 0.5) is 0 Å². The Morgan fingerprint density at radius 2 is 1.96 bits per heavy atom. The summed E-state index contributed by atoms with van der Waals surface area (Å²) in [4.78, 5) is 0. The molecule has 0 saturated heterocycles. The van der Waals surface area contributed by atoms with Gasteiger partial charge in [0.2, 0.25) is 0 Å². The second-order valence-corrected chi connectivity index (χ2v) is 5.69. The molecule has 0 spiro atoms. The van der Waals surface area contributed by atoms with Crippen molar-refractivity contribution in [2.24, 2.45) is 5.73 Å². The molecule has 2 aromatic carbocycles. The van der Waals surface area contributed by atoms with E-state index in [0.717, 1.165) is 16.9 Å². The number of hydrogen-bond acceptors (Lipinski definition) is 4. The van der Waals surface area contributed by atoms with Crippen LogP contribution in [0.3, 0.4) is 0 Å². The van der Waals surface area contributed by atoms with Crippen LogP contribution in [0.1, 0.15) is 24.0 Å². The van der Waals surface area contributed by atoms with Crippen molar-refractivity contribution >= 4 is 11.6 Å². The zero-order valence-electron chi connectivity index (χ0n) is 13.4. The van der Waals surface area contributed by atoms with Gasteiger partial charge in [0.1, 0.15) is 5.75 Å². The van der Waals surface area contributed by atoms with E-state index in [9.17, 15) is 5.11 Å². The van der Waals surface area contributed by atoms with Gasteiger partial charge in [-0.15, -0.1) is 0 Å². The molecule has 0 bridgehead atoms. The lowest BCUT2D eigenvalue weighted by molar-refractivity contribution is 0.317. The second-order valence-electron chi connectivity index (χ2n) is 5.26. The molecule has 124 valence electrons. The highest BCUT2D eigenvalue weighted by atomic mass is 35.5. The summed E-state index contributed by atoms with van der Waals surface area (Å²) in [5.74, 6) is 1.45. The normalized spacial score (nSPS) is 12.0. The number of halogens is 1. The minimum absolute atomic E-state index is 0.0580. The van der Waals surface area contributed by atoms with Crippen LogP contribution in [0, 0.1) is 0 Å². The van der Waals surface area contributed by atoms with E-state index in [1.54, 1.807) is 19.2 Å². The monoisotopic (exact) mass is 335 g/mol. The summed E-state index contributed by atoms with van der Waals surface area (Å²) in [5, 5.41) is 10.5. The number of aromatic hydroxyl groups is 1. The molecule has 3 N–H and O–H groups in total. The Bertz CT molecular complexity index is 661. The molecule has 0 aliphatic carbocycles. The summed E-state index contributed by atoms with van der Waals surface area (Å²) in [6, 6.07) is 10.9. The molecule has 1 unspecified atom stereocenters. The summed E-state index contributed by atoms with van der Waals surface area (Å²) in [6.07, 6.45) is 0.702. The number of phenols is 1. The highest BCUT2D eigenvalue weighted by Gasteiger charge is 2.17. The van der Waals surface area contributed by atoms with E-state index in [1.165, 1.54) is 0 Å². The maximum atomic E-state index is 9.81. The van der Waals surface area contributed by atoms with E-state index < -0.39 is 0 Å². The summed E-state index contributed by atoms with van der Waals surface area (Å²) in [7, 11) is 1.63. The summed E-state index contributed by atoms with van der Waals surface area (Å²) >= 11 is 6.12. The molecular weight excluding hydrogens is 314 g/mol. The average molecular weight is 336 g/mol. The highest BCUT2D eigenvalue weighted by Crippen LogP contribution is 2.33. The molecule has 0 aliphatic rings. The Balaban J connectivity index is 2.29. The van der Waals surface area contributed by atoms with E-state index in [-0.39, 0.29) is 11.7 Å². The lowest BCUT2D eigenvalue weighted by atomic mass is 9.91. The molecule has 0 radical (unpaired) electrons. The highest BCUT2D eigenvalue weighted by molar-refractivity contribution is 6.30. The minimum Gasteiger partial charge on any atom is -0.504 e. The molecule has 0 fully saturated rings. The molecule has 0 amide bonds. The standard InChI is InChI=1S/C18H22ClNO3/c1-3-23-18-9-12(4-6-16(18)21)8-13(11-20)15-10-14(19)5-7-17(15)22-2/h4-7,9-10,13,21H,3,8,11,20H2,1-2H3. The fraction of sp³-hybridized carbons (Fsp3) is 0.333.